The van der Waals surface area contributed by atoms with E-state index < -0.39 is 12.0 Å². The van der Waals surface area contributed by atoms with Crippen LogP contribution in [-0.2, 0) is 4.79 Å². The highest BCUT2D eigenvalue weighted by molar-refractivity contribution is 5.92. The van der Waals surface area contributed by atoms with E-state index in [2.05, 4.69) is 4.98 Å². The largest absolute Gasteiger partial charge is 0.480 e. The molecular weight excluding hydrogens is 346 g/mol. The summed E-state index contributed by atoms with van der Waals surface area (Å²) in [7, 11) is 0. The molecule has 0 radical (unpaired) electrons. The molecule has 2 N–H and O–H groups in total. The normalized spacial score (nSPS) is 16.6. The lowest BCUT2D eigenvalue weighted by molar-refractivity contribution is -0.144. The number of carbonyl (C=O) groups is 2. The van der Waals surface area contributed by atoms with E-state index >= 15 is 0 Å². The molecule has 3 aromatic rings. The minimum absolute atomic E-state index is 0.158. The summed E-state index contributed by atoms with van der Waals surface area (Å²) >= 11 is 0. The quantitative estimate of drug-likeness (QED) is 0.740. The standard InChI is InChI=1S/C20H21N3O4/c1-13-4-5-16-14(11-13)15(12-21-16)18(20(25)26)22-6-8-23(9-7-22)19(24)17-3-2-10-27-17/h2-5,10-12,18,21H,6-9H2,1H3,(H,25,26)/t18-/m1/s1. The number of amides is 1. The Bertz CT molecular complexity index is 968. The Kier molecular flexibility index (Phi) is 4.45. The van der Waals surface area contributed by atoms with Crippen molar-refractivity contribution in [3.63, 3.8) is 0 Å². The Labute approximate surface area is 156 Å². The molecule has 1 aliphatic heterocycles. The summed E-state index contributed by atoms with van der Waals surface area (Å²) in [5.41, 5.74) is 2.77. The number of hydrogen-bond donors (Lipinski definition) is 2. The predicted molar refractivity (Wildman–Crippen MR) is 99.6 cm³/mol. The number of hydrogen-bond acceptors (Lipinski definition) is 4. The highest BCUT2D eigenvalue weighted by atomic mass is 16.4. The molecule has 0 saturated carbocycles. The van der Waals surface area contributed by atoms with Crippen molar-refractivity contribution in [2.45, 2.75) is 13.0 Å². The highest BCUT2D eigenvalue weighted by Gasteiger charge is 2.33. The van der Waals surface area contributed by atoms with Crippen LogP contribution < -0.4 is 0 Å². The molecule has 7 heteroatoms. The highest BCUT2D eigenvalue weighted by Crippen LogP contribution is 2.30. The molecule has 1 fully saturated rings. The van der Waals surface area contributed by atoms with Gasteiger partial charge in [-0.15, -0.1) is 0 Å². The van der Waals surface area contributed by atoms with E-state index in [0.717, 1.165) is 22.0 Å². The Morgan fingerprint density at radius 2 is 1.96 bits per heavy atom. The molecular formula is C20H21N3O4. The summed E-state index contributed by atoms with van der Waals surface area (Å²) in [5, 5.41) is 10.8. The van der Waals surface area contributed by atoms with E-state index in [9.17, 15) is 14.7 Å². The molecule has 2 aromatic heterocycles. The molecule has 27 heavy (non-hydrogen) atoms. The number of aromatic amines is 1. The van der Waals surface area contributed by atoms with E-state index in [0.29, 0.717) is 31.9 Å². The fourth-order valence-electron chi connectivity index (χ4n) is 3.71. The lowest BCUT2D eigenvalue weighted by Gasteiger charge is -2.37. The zero-order valence-corrected chi connectivity index (χ0v) is 15.0. The van der Waals surface area contributed by atoms with Gasteiger partial charge in [0.1, 0.15) is 6.04 Å². The summed E-state index contributed by atoms with van der Waals surface area (Å²) in [6, 6.07) is 8.55. The van der Waals surface area contributed by atoms with Crippen LogP contribution in [0.15, 0.2) is 47.2 Å². The average molecular weight is 367 g/mol. The summed E-state index contributed by atoms with van der Waals surface area (Å²) in [4.78, 5) is 31.3. The topological polar surface area (TPSA) is 89.8 Å². The van der Waals surface area contributed by atoms with Crippen molar-refractivity contribution < 1.29 is 19.1 Å². The third kappa shape index (κ3) is 3.21. The lowest BCUT2D eigenvalue weighted by atomic mass is 10.0. The summed E-state index contributed by atoms with van der Waals surface area (Å²) in [5.74, 6) is -0.734. The van der Waals surface area contributed by atoms with Gasteiger partial charge in [0.2, 0.25) is 0 Å². The first-order chi connectivity index (χ1) is 13.0. The number of carboxylic acid groups (broad SMARTS) is 1. The maximum Gasteiger partial charge on any atom is 0.325 e. The smallest absolute Gasteiger partial charge is 0.325 e. The Morgan fingerprint density at radius 3 is 2.63 bits per heavy atom. The van der Waals surface area contributed by atoms with Crippen molar-refractivity contribution in [3.8, 4) is 0 Å². The van der Waals surface area contributed by atoms with Crippen LogP contribution in [0.3, 0.4) is 0 Å². The zero-order chi connectivity index (χ0) is 19.0. The minimum Gasteiger partial charge on any atom is -0.480 e. The fourth-order valence-corrected chi connectivity index (χ4v) is 3.71. The van der Waals surface area contributed by atoms with Gasteiger partial charge < -0.3 is 19.4 Å². The van der Waals surface area contributed by atoms with Crippen LogP contribution in [0.4, 0.5) is 0 Å². The molecule has 0 spiro atoms. The molecule has 1 amide bonds. The third-order valence-corrected chi connectivity index (χ3v) is 5.10. The number of aromatic nitrogens is 1. The van der Waals surface area contributed by atoms with Gasteiger partial charge in [0.05, 0.1) is 6.26 Å². The number of nitrogens with one attached hydrogen (secondary N) is 1. The van der Waals surface area contributed by atoms with Gasteiger partial charge in [-0.05, 0) is 31.2 Å². The summed E-state index contributed by atoms with van der Waals surface area (Å²) in [6.45, 7) is 3.89. The van der Waals surface area contributed by atoms with Gasteiger partial charge in [0, 0.05) is 48.8 Å². The maximum absolute atomic E-state index is 12.4. The zero-order valence-electron chi connectivity index (χ0n) is 15.0. The van der Waals surface area contributed by atoms with E-state index in [4.69, 9.17) is 4.42 Å². The van der Waals surface area contributed by atoms with Gasteiger partial charge >= 0.3 is 5.97 Å². The first-order valence-electron chi connectivity index (χ1n) is 8.92. The molecule has 7 nitrogen and oxygen atoms in total. The number of nitrogens with zero attached hydrogens (tertiary/aromatic N) is 2. The summed E-state index contributed by atoms with van der Waals surface area (Å²) < 4.78 is 5.18. The van der Waals surface area contributed by atoms with Crippen LogP contribution in [0.5, 0.6) is 0 Å². The van der Waals surface area contributed by atoms with Crippen molar-refractivity contribution in [1.29, 1.82) is 0 Å². The van der Waals surface area contributed by atoms with Gasteiger partial charge in [-0.2, -0.15) is 0 Å². The number of H-pyrrole nitrogens is 1. The first-order valence-corrected chi connectivity index (χ1v) is 8.92. The van der Waals surface area contributed by atoms with Gasteiger partial charge in [-0.25, -0.2) is 0 Å². The number of piperazine rings is 1. The lowest BCUT2D eigenvalue weighted by Crippen LogP contribution is -2.50. The van der Waals surface area contributed by atoms with E-state index in [1.54, 1.807) is 23.2 Å². The van der Waals surface area contributed by atoms with Crippen LogP contribution in [0.2, 0.25) is 0 Å². The van der Waals surface area contributed by atoms with Gasteiger partial charge in [-0.1, -0.05) is 11.6 Å². The number of benzene rings is 1. The second-order valence-electron chi connectivity index (χ2n) is 6.84. The molecule has 0 bridgehead atoms. The Hall–Kier alpha value is -3.06. The number of aryl methyl sites for hydroxylation is 1. The number of rotatable bonds is 4. The molecule has 1 saturated heterocycles. The van der Waals surface area contributed by atoms with Crippen LogP contribution >= 0.6 is 0 Å². The van der Waals surface area contributed by atoms with Gasteiger partial charge in [0.15, 0.2) is 5.76 Å². The number of carboxylic acids is 1. The maximum atomic E-state index is 12.4. The molecule has 3 heterocycles. The molecule has 1 aromatic carbocycles. The number of fused-ring (bicyclic) bond motifs is 1. The fraction of sp³-hybridized carbons (Fsp3) is 0.300. The van der Waals surface area contributed by atoms with Crippen LogP contribution in [0.1, 0.15) is 27.7 Å². The predicted octanol–water partition coefficient (Wildman–Crippen LogP) is 2.65. The van der Waals surface area contributed by atoms with Gasteiger partial charge in [0.25, 0.3) is 5.91 Å². The molecule has 1 aliphatic rings. The van der Waals surface area contributed by atoms with E-state index in [1.807, 2.05) is 30.0 Å². The second-order valence-corrected chi connectivity index (χ2v) is 6.84. The second kappa shape index (κ2) is 6.92. The van der Waals surface area contributed by atoms with Crippen molar-refractivity contribution in [3.05, 3.63) is 59.7 Å². The van der Waals surface area contributed by atoms with Crippen molar-refractivity contribution >= 4 is 22.8 Å². The first kappa shape index (κ1) is 17.4. The van der Waals surface area contributed by atoms with Gasteiger partial charge in [-0.3, -0.25) is 14.5 Å². The SMILES string of the molecule is Cc1ccc2[nH]cc([C@H](C(=O)O)N3CCN(C(=O)c4ccco4)CC3)c2c1. The minimum atomic E-state index is -0.886. The number of furan rings is 1. The number of carbonyl (C=O) groups excluding carboxylic acids is 1. The van der Waals surface area contributed by atoms with Crippen LogP contribution in [-0.4, -0.2) is 57.9 Å². The molecule has 0 unspecified atom stereocenters. The van der Waals surface area contributed by atoms with Crippen molar-refractivity contribution in [1.82, 2.24) is 14.8 Å². The van der Waals surface area contributed by atoms with E-state index in [-0.39, 0.29) is 5.91 Å². The summed E-state index contributed by atoms with van der Waals surface area (Å²) in [6.07, 6.45) is 3.26. The molecule has 0 aliphatic carbocycles. The van der Waals surface area contributed by atoms with Crippen molar-refractivity contribution in [2.24, 2.45) is 0 Å². The number of aliphatic carboxylic acids is 1. The average Bonchev–Trinajstić information content (AvgIpc) is 3.32. The Morgan fingerprint density at radius 1 is 1.19 bits per heavy atom. The monoisotopic (exact) mass is 367 g/mol. The molecule has 140 valence electrons. The van der Waals surface area contributed by atoms with Crippen LogP contribution in [0, 0.1) is 6.92 Å². The van der Waals surface area contributed by atoms with E-state index in [1.165, 1.54) is 6.26 Å². The molecule has 4 rings (SSSR count). The van der Waals surface area contributed by atoms with Crippen molar-refractivity contribution in [2.75, 3.05) is 26.2 Å². The third-order valence-electron chi connectivity index (χ3n) is 5.10. The van der Waals surface area contributed by atoms with Crippen LogP contribution in [0.25, 0.3) is 10.9 Å². The molecule has 1 atom stereocenters. The Balaban J connectivity index is 1.55.